The number of oxime groups is 1. The minimum absolute atomic E-state index is 0.154. The Kier molecular flexibility index (Phi) is 9.26. The van der Waals surface area contributed by atoms with Crippen molar-refractivity contribution < 1.29 is 18.8 Å². The molecule has 0 saturated heterocycles. The maximum Gasteiger partial charge on any atom is 0.316 e. The number of ether oxygens (including phenoxy) is 1. The van der Waals surface area contributed by atoms with Crippen molar-refractivity contribution in [1.82, 2.24) is 0 Å². The number of hydrogen-bond donors (Lipinski definition) is 0. The summed E-state index contributed by atoms with van der Waals surface area (Å²) in [7, 11) is 1.41. The van der Waals surface area contributed by atoms with Gasteiger partial charge in [0.05, 0.1) is 18.2 Å². The number of rotatable bonds is 10. The summed E-state index contributed by atoms with van der Waals surface area (Å²) < 4.78 is 19.9. The van der Waals surface area contributed by atoms with Crippen LogP contribution in [0, 0.1) is 12.7 Å². The third kappa shape index (κ3) is 5.69. The summed E-state index contributed by atoms with van der Waals surface area (Å²) in [6.07, 6.45) is 3.07. The molecule has 0 aliphatic carbocycles. The van der Waals surface area contributed by atoms with E-state index in [-0.39, 0.29) is 18.4 Å². The van der Waals surface area contributed by atoms with E-state index in [4.69, 9.17) is 21.2 Å². The van der Waals surface area contributed by atoms with Crippen molar-refractivity contribution >= 4 is 23.3 Å². The van der Waals surface area contributed by atoms with E-state index in [0.717, 1.165) is 29.5 Å². The van der Waals surface area contributed by atoms with E-state index in [1.165, 1.54) is 7.11 Å². The number of hydrogen-bond acceptors (Lipinski definition) is 4. The van der Waals surface area contributed by atoms with Gasteiger partial charge in [0.15, 0.2) is 0 Å². The Hall–Kier alpha value is -2.40. The van der Waals surface area contributed by atoms with Gasteiger partial charge < -0.3 is 9.57 Å². The molecule has 0 amide bonds. The van der Waals surface area contributed by atoms with Crippen molar-refractivity contribution in [3.63, 3.8) is 0 Å². The number of nitrogens with zero attached hydrogens (tertiary/aromatic N) is 1. The number of carbonyl (C=O) groups is 1. The van der Waals surface area contributed by atoms with Crippen LogP contribution in [-0.4, -0.2) is 18.8 Å². The Morgan fingerprint density at radius 1 is 1.25 bits per heavy atom. The highest BCUT2D eigenvalue weighted by Gasteiger charge is 2.37. The summed E-state index contributed by atoms with van der Waals surface area (Å²) in [6, 6.07) is 9.03. The van der Waals surface area contributed by atoms with Crippen LogP contribution in [0.1, 0.15) is 74.8 Å². The highest BCUT2D eigenvalue weighted by molar-refractivity contribution is 6.31. The molecule has 174 valence electrons. The van der Waals surface area contributed by atoms with Crippen molar-refractivity contribution in [2.24, 2.45) is 5.16 Å². The molecule has 6 heteroatoms. The zero-order valence-corrected chi connectivity index (χ0v) is 20.6. The van der Waals surface area contributed by atoms with Gasteiger partial charge in [0.2, 0.25) is 0 Å². The van der Waals surface area contributed by atoms with Crippen LogP contribution >= 0.6 is 11.6 Å². The number of halogens is 2. The highest BCUT2D eigenvalue weighted by Crippen LogP contribution is 2.35. The van der Waals surface area contributed by atoms with Gasteiger partial charge in [-0.25, -0.2) is 4.39 Å². The normalized spacial score (nSPS) is 13.6. The molecule has 2 rings (SSSR count). The van der Waals surface area contributed by atoms with Crippen LogP contribution < -0.4 is 0 Å². The Balaban J connectivity index is 2.37. The Morgan fingerprint density at radius 3 is 2.59 bits per heavy atom. The van der Waals surface area contributed by atoms with E-state index < -0.39 is 5.41 Å². The van der Waals surface area contributed by atoms with Crippen molar-refractivity contribution in [2.75, 3.05) is 7.11 Å². The topological polar surface area (TPSA) is 47.9 Å². The second kappa shape index (κ2) is 11.5. The number of benzene rings is 2. The molecule has 1 atom stereocenters. The summed E-state index contributed by atoms with van der Waals surface area (Å²) in [4.78, 5) is 18.4. The van der Waals surface area contributed by atoms with E-state index in [1.54, 1.807) is 19.1 Å². The first-order valence-electron chi connectivity index (χ1n) is 11.0. The van der Waals surface area contributed by atoms with Gasteiger partial charge in [-0.2, -0.15) is 0 Å². The van der Waals surface area contributed by atoms with Crippen LogP contribution in [0.2, 0.25) is 5.02 Å². The van der Waals surface area contributed by atoms with Gasteiger partial charge in [-0.05, 0) is 68.0 Å². The van der Waals surface area contributed by atoms with E-state index in [2.05, 4.69) is 12.1 Å². The average molecular weight is 462 g/mol. The van der Waals surface area contributed by atoms with Crippen LogP contribution in [-0.2, 0) is 32.8 Å². The van der Waals surface area contributed by atoms with E-state index >= 15 is 0 Å². The fraction of sp³-hybridized carbons (Fsp3) is 0.462. The fourth-order valence-electron chi connectivity index (χ4n) is 3.92. The second-order valence-electron chi connectivity index (χ2n) is 8.26. The molecule has 0 aliphatic rings. The molecule has 4 nitrogen and oxygen atoms in total. The molecule has 32 heavy (non-hydrogen) atoms. The first kappa shape index (κ1) is 25.9. The van der Waals surface area contributed by atoms with Crippen LogP contribution in [0.4, 0.5) is 4.39 Å². The summed E-state index contributed by atoms with van der Waals surface area (Å²) in [5.74, 6) is -0.610. The lowest BCUT2D eigenvalue weighted by Crippen LogP contribution is -2.35. The summed E-state index contributed by atoms with van der Waals surface area (Å²) in [5.41, 5.74) is 3.21. The maximum absolute atomic E-state index is 14.7. The first-order valence-corrected chi connectivity index (χ1v) is 11.4. The summed E-state index contributed by atoms with van der Waals surface area (Å²) >= 11 is 6.15. The minimum Gasteiger partial charge on any atom is -0.468 e. The molecule has 0 heterocycles. The molecule has 0 aliphatic heterocycles. The smallest absolute Gasteiger partial charge is 0.316 e. The minimum atomic E-state index is -0.788. The third-order valence-corrected chi connectivity index (χ3v) is 6.18. The second-order valence-corrected chi connectivity index (χ2v) is 8.69. The predicted octanol–water partition coefficient (Wildman–Crippen LogP) is 6.91. The zero-order chi connectivity index (χ0) is 23.9. The zero-order valence-electron chi connectivity index (χ0n) is 19.9. The SMILES string of the molecule is CCCCC(C)(C(=O)OC)c1cccc(C)c1CO/N=C(\C)c1cc(Cl)cc(CC)c1F. The van der Waals surface area contributed by atoms with E-state index in [9.17, 15) is 9.18 Å². The number of aryl methyl sites for hydroxylation is 2. The fourth-order valence-corrected chi connectivity index (χ4v) is 4.16. The van der Waals surface area contributed by atoms with Gasteiger partial charge in [0, 0.05) is 10.6 Å². The van der Waals surface area contributed by atoms with Crippen molar-refractivity contribution in [1.29, 1.82) is 0 Å². The largest absolute Gasteiger partial charge is 0.468 e. The molecule has 0 radical (unpaired) electrons. The molecular weight excluding hydrogens is 429 g/mol. The summed E-state index contributed by atoms with van der Waals surface area (Å²) in [5, 5.41) is 4.62. The van der Waals surface area contributed by atoms with Crippen LogP contribution in [0.5, 0.6) is 0 Å². The quantitative estimate of drug-likeness (QED) is 0.219. The monoisotopic (exact) mass is 461 g/mol. The van der Waals surface area contributed by atoms with Gasteiger partial charge in [-0.1, -0.05) is 61.6 Å². The van der Waals surface area contributed by atoms with Crippen molar-refractivity contribution in [3.05, 3.63) is 69.0 Å². The molecule has 0 spiro atoms. The lowest BCUT2D eigenvalue weighted by Gasteiger charge is -2.30. The van der Waals surface area contributed by atoms with Gasteiger partial charge in [0.25, 0.3) is 0 Å². The number of unbranched alkanes of at least 4 members (excludes halogenated alkanes) is 1. The number of esters is 1. The van der Waals surface area contributed by atoms with Gasteiger partial charge in [-0.3, -0.25) is 4.79 Å². The third-order valence-electron chi connectivity index (χ3n) is 5.96. The van der Waals surface area contributed by atoms with Crippen LogP contribution in [0.15, 0.2) is 35.5 Å². The number of methoxy groups -OCH3 is 1. The van der Waals surface area contributed by atoms with E-state index in [1.807, 2.05) is 39.0 Å². The average Bonchev–Trinajstić information content (AvgIpc) is 2.78. The predicted molar refractivity (Wildman–Crippen MR) is 128 cm³/mol. The Labute approximate surface area is 195 Å². The van der Waals surface area contributed by atoms with E-state index in [0.29, 0.717) is 34.7 Å². The molecule has 0 saturated carbocycles. The molecule has 0 aromatic heterocycles. The molecule has 0 N–H and O–H groups in total. The summed E-state index contributed by atoms with van der Waals surface area (Å²) in [6.45, 7) is 9.69. The molecule has 2 aromatic rings. The Morgan fingerprint density at radius 2 is 1.97 bits per heavy atom. The Bertz CT molecular complexity index is 989. The van der Waals surface area contributed by atoms with Crippen LogP contribution in [0.3, 0.4) is 0 Å². The van der Waals surface area contributed by atoms with Crippen molar-refractivity contribution in [3.8, 4) is 0 Å². The molecule has 2 aromatic carbocycles. The van der Waals surface area contributed by atoms with Gasteiger partial charge in [-0.15, -0.1) is 0 Å². The molecule has 0 bridgehead atoms. The standard InChI is InChI=1S/C26H33ClFNO3/c1-7-9-13-26(5,25(30)31-6)23-12-10-11-17(3)22(23)16-32-29-18(4)21-15-20(27)14-19(8-2)24(21)28/h10-12,14-15H,7-9,13,16H2,1-6H3/b29-18+. The van der Waals surface area contributed by atoms with Crippen LogP contribution in [0.25, 0.3) is 0 Å². The molecule has 0 fully saturated rings. The van der Waals surface area contributed by atoms with Crippen molar-refractivity contribution in [2.45, 2.75) is 72.3 Å². The highest BCUT2D eigenvalue weighted by atomic mass is 35.5. The first-order chi connectivity index (χ1) is 15.2. The molecular formula is C26H33ClFNO3. The van der Waals surface area contributed by atoms with Gasteiger partial charge in [0.1, 0.15) is 12.4 Å². The molecule has 1 unspecified atom stereocenters. The lowest BCUT2D eigenvalue weighted by molar-refractivity contribution is -0.147. The van der Waals surface area contributed by atoms with Gasteiger partial charge >= 0.3 is 5.97 Å². The number of carbonyl (C=O) groups excluding carboxylic acids is 1. The lowest BCUT2D eigenvalue weighted by atomic mass is 9.75. The maximum atomic E-state index is 14.7.